The fourth-order valence-corrected chi connectivity index (χ4v) is 4.21. The quantitative estimate of drug-likeness (QED) is 0.683. The molecule has 0 aromatic heterocycles. The molecule has 2 saturated carbocycles. The number of hydrogen-bond acceptors (Lipinski definition) is 3. The molecule has 4 aliphatic rings. The number of methoxy groups -OCH3 is 2. The van der Waals surface area contributed by atoms with E-state index in [-0.39, 0.29) is 11.7 Å². The van der Waals surface area contributed by atoms with E-state index in [1.54, 1.807) is 0 Å². The number of nitrogens with zero attached hydrogens (tertiary/aromatic N) is 1. The van der Waals surface area contributed by atoms with Gasteiger partial charge in [0, 0.05) is 19.2 Å². The minimum Gasteiger partial charge on any atom is -0.453 e. The van der Waals surface area contributed by atoms with Crippen LogP contribution in [0.3, 0.4) is 0 Å². The summed E-state index contributed by atoms with van der Waals surface area (Å²) in [6.45, 7) is 0. The molecule has 2 heterocycles. The van der Waals surface area contributed by atoms with Gasteiger partial charge in [0.1, 0.15) is 0 Å². The van der Waals surface area contributed by atoms with Crippen LogP contribution in [0.2, 0.25) is 0 Å². The van der Waals surface area contributed by atoms with Gasteiger partial charge in [0.25, 0.3) is 0 Å². The minimum absolute atomic E-state index is 0.0566. The summed E-state index contributed by atoms with van der Waals surface area (Å²) in [5, 5.41) is 0. The van der Waals surface area contributed by atoms with Crippen molar-refractivity contribution in [2.24, 2.45) is 5.92 Å². The molecule has 16 heavy (non-hydrogen) atoms. The summed E-state index contributed by atoms with van der Waals surface area (Å²) < 4.78 is 10.6. The molecular weight excluding hydrogens is 206 g/mol. The van der Waals surface area contributed by atoms with E-state index in [1.807, 2.05) is 12.0 Å². The van der Waals surface area contributed by atoms with E-state index in [2.05, 4.69) is 0 Å². The van der Waals surface area contributed by atoms with Crippen LogP contribution in [0.4, 0.5) is 4.79 Å². The van der Waals surface area contributed by atoms with E-state index in [4.69, 9.17) is 9.47 Å². The lowest BCUT2D eigenvalue weighted by atomic mass is 9.61. The van der Waals surface area contributed by atoms with Gasteiger partial charge in [0.05, 0.1) is 12.7 Å². The lowest BCUT2D eigenvalue weighted by Gasteiger charge is -2.60. The molecule has 2 aliphatic carbocycles. The van der Waals surface area contributed by atoms with Crippen LogP contribution in [0.1, 0.15) is 32.1 Å². The Morgan fingerprint density at radius 1 is 1.19 bits per heavy atom. The zero-order chi connectivity index (χ0) is 11.3. The summed E-state index contributed by atoms with van der Waals surface area (Å²) >= 11 is 0. The molecule has 0 aromatic rings. The molecule has 2 aliphatic heterocycles. The van der Waals surface area contributed by atoms with E-state index >= 15 is 0 Å². The van der Waals surface area contributed by atoms with Gasteiger partial charge in [-0.15, -0.1) is 0 Å². The SMILES string of the molecule is COC(=O)N1C2CC3CC1CC(OC)(C3)C2. The Kier molecular flexibility index (Phi) is 2.18. The second-order valence-corrected chi connectivity index (χ2v) is 5.52. The van der Waals surface area contributed by atoms with Crippen molar-refractivity contribution < 1.29 is 14.3 Å². The molecular formula is C12H19NO3. The fourth-order valence-electron chi connectivity index (χ4n) is 4.21. The monoisotopic (exact) mass is 225 g/mol. The van der Waals surface area contributed by atoms with E-state index in [9.17, 15) is 4.79 Å². The molecule has 0 aromatic carbocycles. The molecule has 2 atom stereocenters. The minimum atomic E-state index is -0.153. The molecule has 1 amide bonds. The summed E-state index contributed by atoms with van der Waals surface area (Å²) in [7, 11) is 3.29. The lowest BCUT2D eigenvalue weighted by molar-refractivity contribution is -0.163. The third-order valence-electron chi connectivity index (χ3n) is 4.69. The Balaban J connectivity index is 1.87. The lowest BCUT2D eigenvalue weighted by Crippen LogP contribution is -2.66. The molecule has 4 nitrogen and oxygen atoms in total. The predicted molar refractivity (Wildman–Crippen MR) is 58.1 cm³/mol. The number of amides is 1. The van der Waals surface area contributed by atoms with Crippen LogP contribution in [-0.4, -0.2) is 42.9 Å². The van der Waals surface area contributed by atoms with Crippen molar-refractivity contribution >= 4 is 6.09 Å². The third-order valence-corrected chi connectivity index (χ3v) is 4.69. The predicted octanol–water partition coefficient (Wildman–Crippen LogP) is 1.78. The molecule has 0 radical (unpaired) electrons. The molecule has 4 fully saturated rings. The molecule has 4 heteroatoms. The average Bonchev–Trinajstić information content (AvgIpc) is 2.27. The van der Waals surface area contributed by atoms with E-state index in [0.717, 1.165) is 31.6 Å². The zero-order valence-electron chi connectivity index (χ0n) is 9.94. The zero-order valence-corrected chi connectivity index (χ0v) is 9.94. The van der Waals surface area contributed by atoms with Crippen LogP contribution >= 0.6 is 0 Å². The highest BCUT2D eigenvalue weighted by Crippen LogP contribution is 2.52. The maximum Gasteiger partial charge on any atom is 0.409 e. The van der Waals surface area contributed by atoms with Crippen molar-refractivity contribution in [3.8, 4) is 0 Å². The number of carbonyl (C=O) groups excluding carboxylic acids is 1. The summed E-state index contributed by atoms with van der Waals surface area (Å²) in [4.78, 5) is 13.7. The number of rotatable bonds is 1. The van der Waals surface area contributed by atoms with Crippen LogP contribution < -0.4 is 0 Å². The number of hydrogen-bond donors (Lipinski definition) is 0. The van der Waals surface area contributed by atoms with Gasteiger partial charge >= 0.3 is 6.09 Å². The Bertz CT molecular complexity index is 301. The molecule has 0 spiro atoms. The highest BCUT2D eigenvalue weighted by atomic mass is 16.5. The normalized spacial score (nSPS) is 44.9. The Hall–Kier alpha value is -0.770. The first-order chi connectivity index (χ1) is 7.67. The Labute approximate surface area is 95.9 Å². The smallest absolute Gasteiger partial charge is 0.409 e. The van der Waals surface area contributed by atoms with Gasteiger partial charge in [-0.3, -0.25) is 0 Å². The van der Waals surface area contributed by atoms with Crippen LogP contribution in [-0.2, 0) is 9.47 Å². The topological polar surface area (TPSA) is 38.8 Å². The van der Waals surface area contributed by atoms with Crippen molar-refractivity contribution in [3.63, 3.8) is 0 Å². The van der Waals surface area contributed by atoms with Gasteiger partial charge in [0.2, 0.25) is 0 Å². The van der Waals surface area contributed by atoms with E-state index in [0.29, 0.717) is 12.1 Å². The highest BCUT2D eigenvalue weighted by molar-refractivity contribution is 5.69. The maximum atomic E-state index is 11.8. The van der Waals surface area contributed by atoms with Crippen molar-refractivity contribution in [2.45, 2.75) is 49.8 Å². The number of piperidine rings is 2. The second kappa shape index (κ2) is 3.36. The van der Waals surface area contributed by atoms with Gasteiger partial charge in [0.15, 0.2) is 0 Å². The first kappa shape index (κ1) is 10.4. The summed E-state index contributed by atoms with van der Waals surface area (Å²) in [6, 6.07) is 0.692. The second-order valence-electron chi connectivity index (χ2n) is 5.52. The van der Waals surface area contributed by atoms with Crippen molar-refractivity contribution in [1.82, 2.24) is 4.90 Å². The molecule has 4 bridgehead atoms. The van der Waals surface area contributed by atoms with Gasteiger partial charge < -0.3 is 14.4 Å². The summed E-state index contributed by atoms with van der Waals surface area (Å²) in [5.74, 6) is 0.748. The molecule has 90 valence electrons. The van der Waals surface area contributed by atoms with E-state index < -0.39 is 0 Å². The molecule has 2 unspecified atom stereocenters. The summed E-state index contributed by atoms with van der Waals surface area (Å²) in [6.07, 6.45) is 5.29. The molecule has 0 N–H and O–H groups in total. The van der Waals surface area contributed by atoms with Crippen molar-refractivity contribution in [1.29, 1.82) is 0 Å². The van der Waals surface area contributed by atoms with Crippen LogP contribution in [0.25, 0.3) is 0 Å². The first-order valence-electron chi connectivity index (χ1n) is 6.09. The van der Waals surface area contributed by atoms with Gasteiger partial charge in [-0.2, -0.15) is 0 Å². The third kappa shape index (κ3) is 1.29. The molecule has 4 rings (SSSR count). The fraction of sp³-hybridized carbons (Fsp3) is 0.917. The Morgan fingerprint density at radius 2 is 1.81 bits per heavy atom. The standard InChI is InChI=1S/C12H19NO3/c1-15-11(14)13-9-3-8-4-10(13)7-12(5-8,6-9)16-2/h8-10H,3-7H2,1-2H3. The Morgan fingerprint density at radius 3 is 2.31 bits per heavy atom. The average molecular weight is 225 g/mol. The van der Waals surface area contributed by atoms with Crippen molar-refractivity contribution in [3.05, 3.63) is 0 Å². The number of carbonyl (C=O) groups is 1. The van der Waals surface area contributed by atoms with E-state index in [1.165, 1.54) is 13.5 Å². The highest BCUT2D eigenvalue weighted by Gasteiger charge is 2.56. The van der Waals surface area contributed by atoms with Crippen LogP contribution in [0.15, 0.2) is 0 Å². The van der Waals surface area contributed by atoms with Crippen LogP contribution in [0, 0.1) is 5.92 Å². The maximum absolute atomic E-state index is 11.8. The number of ether oxygens (including phenoxy) is 2. The first-order valence-corrected chi connectivity index (χ1v) is 6.09. The van der Waals surface area contributed by atoms with Gasteiger partial charge in [-0.05, 0) is 38.0 Å². The summed E-state index contributed by atoms with van der Waals surface area (Å²) in [5.41, 5.74) is 0.0566. The molecule has 2 saturated heterocycles. The van der Waals surface area contributed by atoms with Gasteiger partial charge in [-0.1, -0.05) is 0 Å². The van der Waals surface area contributed by atoms with Crippen LogP contribution in [0.5, 0.6) is 0 Å². The van der Waals surface area contributed by atoms with Crippen molar-refractivity contribution in [2.75, 3.05) is 14.2 Å². The largest absolute Gasteiger partial charge is 0.453 e. The van der Waals surface area contributed by atoms with Gasteiger partial charge in [-0.25, -0.2) is 4.79 Å².